The minimum absolute atomic E-state index is 0.0273. The summed E-state index contributed by atoms with van der Waals surface area (Å²) in [6, 6.07) is 11.3. The van der Waals surface area contributed by atoms with E-state index in [1.165, 1.54) is 6.07 Å². The minimum atomic E-state index is -4.40. The first-order chi connectivity index (χ1) is 12.3. The van der Waals surface area contributed by atoms with Crippen LogP contribution >= 0.6 is 0 Å². The summed E-state index contributed by atoms with van der Waals surface area (Å²) in [6.07, 6.45) is -3.69. The standard InChI is InChI=1S/C20H19F3N2O/c1-13-6-7-15(20(21,22)23)10-14(13)11-25-17-5-3-2-4-16(17)19(18(25)26)8-9-24-12-19/h2-7,10,24H,8-9,11-12H2,1H3. The monoisotopic (exact) mass is 360 g/mol. The lowest BCUT2D eigenvalue weighted by Gasteiger charge is -2.24. The summed E-state index contributed by atoms with van der Waals surface area (Å²) in [5.74, 6) is -0.0273. The minimum Gasteiger partial charge on any atom is -0.315 e. The van der Waals surface area contributed by atoms with Crippen LogP contribution in [0.5, 0.6) is 0 Å². The molecule has 0 radical (unpaired) electrons. The molecule has 0 bridgehead atoms. The number of alkyl halides is 3. The van der Waals surface area contributed by atoms with Crippen LogP contribution in [0.25, 0.3) is 0 Å². The van der Waals surface area contributed by atoms with E-state index in [0.717, 1.165) is 35.5 Å². The summed E-state index contributed by atoms with van der Waals surface area (Å²) < 4.78 is 39.2. The van der Waals surface area contributed by atoms with E-state index in [1.54, 1.807) is 11.8 Å². The maximum Gasteiger partial charge on any atom is 0.416 e. The highest BCUT2D eigenvalue weighted by atomic mass is 19.4. The van der Waals surface area contributed by atoms with E-state index in [1.807, 2.05) is 24.3 Å². The molecular formula is C20H19F3N2O. The predicted molar refractivity (Wildman–Crippen MR) is 93.0 cm³/mol. The number of benzene rings is 2. The fourth-order valence-electron chi connectivity index (χ4n) is 4.05. The van der Waals surface area contributed by atoms with Crippen LogP contribution in [0.15, 0.2) is 42.5 Å². The van der Waals surface area contributed by atoms with Gasteiger partial charge in [0.15, 0.2) is 0 Å². The number of amides is 1. The predicted octanol–water partition coefficient (Wildman–Crippen LogP) is 3.79. The van der Waals surface area contributed by atoms with E-state index < -0.39 is 17.2 Å². The lowest BCUT2D eigenvalue weighted by atomic mass is 9.81. The average Bonchev–Trinajstić information content (AvgIpc) is 3.17. The molecule has 1 unspecified atom stereocenters. The first-order valence-electron chi connectivity index (χ1n) is 8.62. The third kappa shape index (κ3) is 2.51. The Morgan fingerprint density at radius 1 is 1.19 bits per heavy atom. The molecule has 1 N–H and O–H groups in total. The second-order valence-electron chi connectivity index (χ2n) is 7.06. The van der Waals surface area contributed by atoms with E-state index in [2.05, 4.69) is 5.32 Å². The molecule has 26 heavy (non-hydrogen) atoms. The molecule has 6 heteroatoms. The van der Waals surface area contributed by atoms with E-state index >= 15 is 0 Å². The fourth-order valence-corrected chi connectivity index (χ4v) is 4.05. The lowest BCUT2D eigenvalue weighted by molar-refractivity contribution is -0.137. The summed E-state index contributed by atoms with van der Waals surface area (Å²) in [4.78, 5) is 14.9. The van der Waals surface area contributed by atoms with Crippen molar-refractivity contribution in [1.82, 2.24) is 5.32 Å². The molecule has 2 aliphatic rings. The molecule has 1 saturated heterocycles. The maximum absolute atomic E-state index is 13.2. The first-order valence-corrected chi connectivity index (χ1v) is 8.62. The highest BCUT2D eigenvalue weighted by Gasteiger charge is 2.52. The van der Waals surface area contributed by atoms with Gasteiger partial charge in [-0.05, 0) is 54.8 Å². The van der Waals surface area contributed by atoms with Crippen molar-refractivity contribution in [2.75, 3.05) is 18.0 Å². The van der Waals surface area contributed by atoms with Gasteiger partial charge in [-0.15, -0.1) is 0 Å². The number of fused-ring (bicyclic) bond motifs is 2. The Kier molecular flexibility index (Phi) is 3.84. The summed E-state index contributed by atoms with van der Waals surface area (Å²) in [5.41, 5.74) is 1.76. The Morgan fingerprint density at radius 3 is 2.65 bits per heavy atom. The van der Waals surface area contributed by atoms with Crippen LogP contribution in [0.3, 0.4) is 0 Å². The third-order valence-electron chi connectivity index (χ3n) is 5.53. The van der Waals surface area contributed by atoms with Crippen molar-refractivity contribution in [3.8, 4) is 0 Å². The molecule has 1 amide bonds. The number of carbonyl (C=O) groups excluding carboxylic acids is 1. The molecule has 2 aromatic carbocycles. The van der Waals surface area contributed by atoms with Gasteiger partial charge in [-0.2, -0.15) is 13.2 Å². The molecule has 1 fully saturated rings. The van der Waals surface area contributed by atoms with Crippen LogP contribution in [0.4, 0.5) is 18.9 Å². The molecule has 2 aromatic rings. The number of carbonyl (C=O) groups is 1. The number of nitrogens with one attached hydrogen (secondary N) is 1. The van der Waals surface area contributed by atoms with Gasteiger partial charge in [-0.3, -0.25) is 4.79 Å². The van der Waals surface area contributed by atoms with E-state index in [4.69, 9.17) is 0 Å². The van der Waals surface area contributed by atoms with Gasteiger partial charge in [-0.1, -0.05) is 24.3 Å². The molecule has 136 valence electrons. The van der Waals surface area contributed by atoms with E-state index in [0.29, 0.717) is 18.5 Å². The Hall–Kier alpha value is -2.34. The lowest BCUT2D eigenvalue weighted by Crippen LogP contribution is -2.41. The molecule has 0 aromatic heterocycles. The maximum atomic E-state index is 13.2. The van der Waals surface area contributed by atoms with Crippen LogP contribution in [-0.4, -0.2) is 19.0 Å². The van der Waals surface area contributed by atoms with Gasteiger partial charge in [0, 0.05) is 12.2 Å². The number of aryl methyl sites for hydroxylation is 1. The number of halogens is 3. The molecular weight excluding hydrogens is 341 g/mol. The Bertz CT molecular complexity index is 870. The molecule has 0 aliphatic carbocycles. The van der Waals surface area contributed by atoms with E-state index in [9.17, 15) is 18.0 Å². The SMILES string of the molecule is Cc1ccc(C(F)(F)F)cc1CN1C(=O)C2(CCNC2)c2ccccc21. The van der Waals surface area contributed by atoms with Crippen LogP contribution in [0.1, 0.15) is 28.7 Å². The largest absolute Gasteiger partial charge is 0.416 e. The van der Waals surface area contributed by atoms with Crippen molar-refractivity contribution >= 4 is 11.6 Å². The third-order valence-corrected chi connectivity index (χ3v) is 5.53. The normalized spacial score (nSPS) is 22.3. The zero-order valence-corrected chi connectivity index (χ0v) is 14.4. The highest BCUT2D eigenvalue weighted by Crippen LogP contribution is 2.46. The van der Waals surface area contributed by atoms with Gasteiger partial charge in [-0.25, -0.2) is 0 Å². The molecule has 2 heterocycles. The zero-order valence-electron chi connectivity index (χ0n) is 14.4. The van der Waals surface area contributed by atoms with Crippen molar-refractivity contribution in [3.05, 3.63) is 64.7 Å². The molecule has 1 atom stereocenters. The summed E-state index contributed by atoms with van der Waals surface area (Å²) in [7, 11) is 0. The van der Waals surface area contributed by atoms with Gasteiger partial charge in [0.2, 0.25) is 5.91 Å². The van der Waals surface area contributed by atoms with Crippen molar-refractivity contribution < 1.29 is 18.0 Å². The van der Waals surface area contributed by atoms with E-state index in [-0.39, 0.29) is 12.5 Å². The fraction of sp³-hybridized carbons (Fsp3) is 0.350. The van der Waals surface area contributed by atoms with Crippen molar-refractivity contribution in [1.29, 1.82) is 0 Å². The topological polar surface area (TPSA) is 32.3 Å². The van der Waals surface area contributed by atoms with Gasteiger partial charge in [0.1, 0.15) is 0 Å². The van der Waals surface area contributed by atoms with Gasteiger partial charge < -0.3 is 10.2 Å². The molecule has 0 saturated carbocycles. The van der Waals surface area contributed by atoms with Crippen molar-refractivity contribution in [3.63, 3.8) is 0 Å². The summed E-state index contributed by atoms with van der Waals surface area (Å²) in [5, 5.41) is 3.25. The summed E-state index contributed by atoms with van der Waals surface area (Å²) >= 11 is 0. The number of anilines is 1. The van der Waals surface area contributed by atoms with Crippen molar-refractivity contribution in [2.24, 2.45) is 0 Å². The van der Waals surface area contributed by atoms with Crippen LogP contribution in [0.2, 0.25) is 0 Å². The Labute approximate surface area is 149 Å². The molecule has 2 aliphatic heterocycles. The molecule has 3 nitrogen and oxygen atoms in total. The number of nitrogens with zero attached hydrogens (tertiary/aromatic N) is 1. The van der Waals surface area contributed by atoms with Gasteiger partial charge in [0.25, 0.3) is 0 Å². The quantitative estimate of drug-likeness (QED) is 0.884. The van der Waals surface area contributed by atoms with Crippen LogP contribution < -0.4 is 10.2 Å². The van der Waals surface area contributed by atoms with Crippen molar-refractivity contribution in [2.45, 2.75) is 31.5 Å². The van der Waals surface area contributed by atoms with Crippen LogP contribution in [0, 0.1) is 6.92 Å². The smallest absolute Gasteiger partial charge is 0.315 e. The number of hydrogen-bond acceptors (Lipinski definition) is 2. The first kappa shape index (κ1) is 17.1. The summed E-state index contributed by atoms with van der Waals surface area (Å²) in [6.45, 7) is 3.25. The second-order valence-corrected chi connectivity index (χ2v) is 7.06. The number of rotatable bonds is 2. The van der Waals surface area contributed by atoms with Gasteiger partial charge >= 0.3 is 6.18 Å². The Balaban J connectivity index is 1.75. The van der Waals surface area contributed by atoms with Gasteiger partial charge in [0.05, 0.1) is 17.5 Å². The second kappa shape index (κ2) is 5.84. The zero-order chi connectivity index (χ0) is 18.5. The average molecular weight is 360 g/mol. The van der Waals surface area contributed by atoms with Crippen LogP contribution in [-0.2, 0) is 22.9 Å². The number of hydrogen-bond donors (Lipinski definition) is 1. The number of para-hydroxylation sites is 1. The molecule has 1 spiro atoms. The molecule has 4 rings (SSSR count). The Morgan fingerprint density at radius 2 is 1.96 bits per heavy atom. The highest BCUT2D eigenvalue weighted by molar-refractivity contribution is 6.08.